The van der Waals surface area contributed by atoms with E-state index in [2.05, 4.69) is 138 Å². The van der Waals surface area contributed by atoms with Gasteiger partial charge in [0.1, 0.15) is 0 Å². The van der Waals surface area contributed by atoms with E-state index in [1.165, 1.54) is 27.4 Å². The minimum absolute atomic E-state index is 0.975. The zero-order valence-electron chi connectivity index (χ0n) is 20.3. The van der Waals surface area contributed by atoms with Gasteiger partial charge in [0.2, 0.25) is 0 Å². The molecule has 5 aromatic carbocycles. The summed E-state index contributed by atoms with van der Waals surface area (Å²) >= 11 is 0. The third kappa shape index (κ3) is 3.80. The third-order valence-corrected chi connectivity index (χ3v) is 7.00. The first kappa shape index (κ1) is 21.3. The van der Waals surface area contributed by atoms with Crippen molar-refractivity contribution in [3.63, 3.8) is 0 Å². The number of pyridine rings is 1. The van der Waals surface area contributed by atoms with Crippen molar-refractivity contribution in [1.82, 2.24) is 9.55 Å². The van der Waals surface area contributed by atoms with Gasteiger partial charge in [0, 0.05) is 27.6 Å². The van der Waals surface area contributed by atoms with Crippen LogP contribution in [0.25, 0.3) is 61.1 Å². The lowest BCUT2D eigenvalue weighted by atomic mass is 10.00. The van der Waals surface area contributed by atoms with Crippen LogP contribution in [0.2, 0.25) is 0 Å². The van der Waals surface area contributed by atoms with Gasteiger partial charge >= 0.3 is 0 Å². The number of nitrogens with zero attached hydrogens (tertiary/aromatic N) is 2. The van der Waals surface area contributed by atoms with Crippen LogP contribution in [0.3, 0.4) is 0 Å². The molecular weight excluding hydrogens is 448 g/mol. The lowest BCUT2D eigenvalue weighted by Gasteiger charge is -2.12. The molecule has 0 amide bonds. The highest BCUT2D eigenvalue weighted by Gasteiger charge is 2.12. The second kappa shape index (κ2) is 8.92. The summed E-state index contributed by atoms with van der Waals surface area (Å²) in [6.45, 7) is 0. The topological polar surface area (TPSA) is 17.8 Å². The molecule has 0 N–H and O–H groups in total. The van der Waals surface area contributed by atoms with Gasteiger partial charge in [-0.05, 0) is 47.5 Å². The van der Waals surface area contributed by atoms with Crippen molar-refractivity contribution in [2.75, 3.05) is 0 Å². The van der Waals surface area contributed by atoms with Crippen LogP contribution in [0.1, 0.15) is 0 Å². The number of fused-ring (bicyclic) bond motifs is 3. The number of hydrogen-bond acceptors (Lipinski definition) is 1. The van der Waals surface area contributed by atoms with E-state index in [1.807, 2.05) is 12.1 Å². The molecule has 0 radical (unpaired) electrons. The van der Waals surface area contributed by atoms with E-state index in [4.69, 9.17) is 4.98 Å². The summed E-state index contributed by atoms with van der Waals surface area (Å²) in [6, 6.07) is 51.3. The van der Waals surface area contributed by atoms with Crippen molar-refractivity contribution in [3.05, 3.63) is 146 Å². The van der Waals surface area contributed by atoms with Gasteiger partial charge in [-0.3, -0.25) is 0 Å². The van der Waals surface area contributed by atoms with Gasteiger partial charge in [0.15, 0.2) is 0 Å². The molecule has 0 atom stereocenters. The second-order valence-corrected chi connectivity index (χ2v) is 9.27. The Morgan fingerprint density at radius 1 is 0.378 bits per heavy atom. The van der Waals surface area contributed by atoms with Gasteiger partial charge in [-0.15, -0.1) is 0 Å². The molecule has 2 nitrogen and oxygen atoms in total. The fourth-order valence-corrected chi connectivity index (χ4v) is 5.21. The van der Waals surface area contributed by atoms with Crippen molar-refractivity contribution in [1.29, 1.82) is 0 Å². The molecule has 0 aliphatic heterocycles. The van der Waals surface area contributed by atoms with Crippen LogP contribution in [-0.2, 0) is 0 Å². The summed E-state index contributed by atoms with van der Waals surface area (Å²) in [5.41, 5.74) is 10.1. The summed E-state index contributed by atoms with van der Waals surface area (Å²) in [6.07, 6.45) is 0. The third-order valence-electron chi connectivity index (χ3n) is 7.00. The lowest BCUT2D eigenvalue weighted by Crippen LogP contribution is -1.94. The van der Waals surface area contributed by atoms with Crippen LogP contribution in [0.15, 0.2) is 146 Å². The van der Waals surface area contributed by atoms with E-state index in [-0.39, 0.29) is 0 Å². The smallest absolute Gasteiger partial charge is 0.0715 e. The average molecular weight is 473 g/mol. The fourth-order valence-electron chi connectivity index (χ4n) is 5.21. The van der Waals surface area contributed by atoms with E-state index in [1.54, 1.807) is 0 Å². The average Bonchev–Trinajstić information content (AvgIpc) is 3.32. The predicted octanol–water partition coefficient (Wildman–Crippen LogP) is 9.18. The molecule has 0 unspecified atom stereocenters. The SMILES string of the molecule is c1ccc(-c2cc(-c3ccc(-n4c5ccccc5c5ccccc54)cc3)cc(-c3ccccc3)n2)cc1. The molecule has 0 saturated carbocycles. The minimum atomic E-state index is 0.975. The first-order valence-electron chi connectivity index (χ1n) is 12.6. The Morgan fingerprint density at radius 3 is 1.35 bits per heavy atom. The molecule has 0 spiro atoms. The zero-order chi connectivity index (χ0) is 24.6. The highest BCUT2D eigenvalue weighted by molar-refractivity contribution is 6.09. The van der Waals surface area contributed by atoms with Crippen LogP contribution < -0.4 is 0 Å². The number of hydrogen-bond donors (Lipinski definition) is 0. The van der Waals surface area contributed by atoms with Crippen molar-refractivity contribution in [3.8, 4) is 39.3 Å². The molecule has 0 saturated heterocycles. The Balaban J connectivity index is 1.37. The van der Waals surface area contributed by atoms with Gasteiger partial charge in [-0.1, -0.05) is 109 Å². The van der Waals surface area contributed by atoms with E-state index < -0.39 is 0 Å². The van der Waals surface area contributed by atoms with Crippen molar-refractivity contribution >= 4 is 21.8 Å². The molecule has 0 fully saturated rings. The largest absolute Gasteiger partial charge is 0.309 e. The molecule has 2 aromatic heterocycles. The molecular formula is C35H24N2. The minimum Gasteiger partial charge on any atom is -0.309 e. The zero-order valence-corrected chi connectivity index (χ0v) is 20.3. The van der Waals surface area contributed by atoms with Gasteiger partial charge in [0.05, 0.1) is 22.4 Å². The van der Waals surface area contributed by atoms with E-state index >= 15 is 0 Å². The Hall–Kier alpha value is -4.95. The first-order valence-corrected chi connectivity index (χ1v) is 12.6. The number of rotatable bonds is 4. The Labute approximate surface area is 216 Å². The standard InChI is InChI=1S/C35H24N2/c1-3-11-26(12-4-1)32-23-28(24-33(36-32)27-13-5-2-6-14-27)25-19-21-29(22-20-25)37-34-17-9-7-15-30(34)31-16-8-10-18-35(31)37/h1-24H. The highest BCUT2D eigenvalue weighted by atomic mass is 15.0. The van der Waals surface area contributed by atoms with Crippen molar-refractivity contribution in [2.45, 2.75) is 0 Å². The molecule has 174 valence electrons. The molecule has 37 heavy (non-hydrogen) atoms. The van der Waals surface area contributed by atoms with Gasteiger partial charge in [0.25, 0.3) is 0 Å². The molecule has 2 heteroatoms. The Bertz CT molecular complexity index is 1740. The molecule has 2 heterocycles. The van der Waals surface area contributed by atoms with Crippen molar-refractivity contribution in [2.24, 2.45) is 0 Å². The first-order chi connectivity index (χ1) is 18.3. The molecule has 0 bridgehead atoms. The predicted molar refractivity (Wildman–Crippen MR) is 155 cm³/mol. The highest BCUT2D eigenvalue weighted by Crippen LogP contribution is 2.34. The summed E-state index contributed by atoms with van der Waals surface area (Å²) < 4.78 is 2.35. The normalized spacial score (nSPS) is 11.2. The summed E-state index contributed by atoms with van der Waals surface area (Å²) in [7, 11) is 0. The summed E-state index contributed by atoms with van der Waals surface area (Å²) in [5, 5.41) is 2.55. The van der Waals surface area contributed by atoms with E-state index in [9.17, 15) is 0 Å². The Morgan fingerprint density at radius 2 is 0.838 bits per heavy atom. The maximum Gasteiger partial charge on any atom is 0.0715 e. The van der Waals surface area contributed by atoms with Crippen molar-refractivity contribution < 1.29 is 0 Å². The fraction of sp³-hybridized carbons (Fsp3) is 0. The van der Waals surface area contributed by atoms with Crippen LogP contribution >= 0.6 is 0 Å². The summed E-state index contributed by atoms with van der Waals surface area (Å²) in [5.74, 6) is 0. The van der Waals surface area contributed by atoms with Gasteiger partial charge in [-0.2, -0.15) is 0 Å². The van der Waals surface area contributed by atoms with Gasteiger partial charge < -0.3 is 4.57 Å². The second-order valence-electron chi connectivity index (χ2n) is 9.27. The number of para-hydroxylation sites is 2. The Kier molecular flexibility index (Phi) is 5.15. The number of benzene rings is 5. The van der Waals surface area contributed by atoms with Crippen LogP contribution in [0.5, 0.6) is 0 Å². The van der Waals surface area contributed by atoms with E-state index in [0.29, 0.717) is 0 Å². The molecule has 0 aliphatic rings. The van der Waals surface area contributed by atoms with Crippen LogP contribution in [0.4, 0.5) is 0 Å². The molecule has 7 rings (SSSR count). The van der Waals surface area contributed by atoms with Crippen LogP contribution in [-0.4, -0.2) is 9.55 Å². The van der Waals surface area contributed by atoms with Gasteiger partial charge in [-0.25, -0.2) is 4.98 Å². The maximum absolute atomic E-state index is 5.02. The monoisotopic (exact) mass is 472 g/mol. The quantitative estimate of drug-likeness (QED) is 0.250. The maximum atomic E-state index is 5.02. The van der Waals surface area contributed by atoms with Crippen LogP contribution in [0, 0.1) is 0 Å². The molecule has 0 aliphatic carbocycles. The van der Waals surface area contributed by atoms with E-state index in [0.717, 1.165) is 33.8 Å². The molecule has 7 aromatic rings. The number of aromatic nitrogens is 2. The summed E-state index contributed by atoms with van der Waals surface area (Å²) in [4.78, 5) is 5.02. The lowest BCUT2D eigenvalue weighted by molar-refractivity contribution is 1.18.